The highest BCUT2D eigenvalue weighted by atomic mass is 16.6. The summed E-state index contributed by atoms with van der Waals surface area (Å²) in [5.74, 6) is -1.27. The van der Waals surface area contributed by atoms with E-state index in [1.54, 1.807) is 30.7 Å². The summed E-state index contributed by atoms with van der Waals surface area (Å²) in [6.07, 6.45) is 9.86. The van der Waals surface area contributed by atoms with E-state index >= 15 is 0 Å². The molecule has 0 bridgehead atoms. The number of quaternary nitrogens is 1. The summed E-state index contributed by atoms with van der Waals surface area (Å²) in [6.45, 7) is 0.805. The van der Waals surface area contributed by atoms with Gasteiger partial charge in [-0.25, -0.2) is 4.79 Å². The average Bonchev–Trinajstić information content (AvgIpc) is 3.49. The van der Waals surface area contributed by atoms with Gasteiger partial charge in [0.15, 0.2) is 5.60 Å². The number of hydrogen-bond acceptors (Lipinski definition) is 6. The van der Waals surface area contributed by atoms with Crippen LogP contribution in [0.2, 0.25) is 0 Å². The van der Waals surface area contributed by atoms with Crippen LogP contribution in [-0.4, -0.2) is 57.7 Å². The number of likely N-dealkylation sites (N-methyl/N-ethyl adjacent to an activating group) is 1. The molecule has 1 aliphatic carbocycles. The molecule has 2 fully saturated rings. The summed E-state index contributed by atoms with van der Waals surface area (Å²) in [5.41, 5.74) is 5.22. The SMILES string of the molecule is C[N+]1(C(C(N)=O)c2cnccn2)CCC[C@@H]1COC(=O)C(O)(c1ccccc1)C1CCCC1. The van der Waals surface area contributed by atoms with E-state index in [4.69, 9.17) is 10.5 Å². The van der Waals surface area contributed by atoms with E-state index in [-0.39, 0.29) is 18.6 Å². The van der Waals surface area contributed by atoms with Crippen molar-refractivity contribution >= 4 is 11.9 Å². The number of carbonyl (C=O) groups excluding carboxylic acids is 2. The molecule has 33 heavy (non-hydrogen) atoms. The number of nitrogens with zero attached hydrogens (tertiary/aromatic N) is 3. The lowest BCUT2D eigenvalue weighted by Crippen LogP contribution is -2.57. The number of aliphatic hydroxyl groups is 1. The van der Waals surface area contributed by atoms with E-state index in [1.165, 1.54) is 0 Å². The molecule has 1 aliphatic heterocycles. The number of hydrogen-bond donors (Lipinski definition) is 2. The van der Waals surface area contributed by atoms with Crippen LogP contribution in [0.25, 0.3) is 0 Å². The van der Waals surface area contributed by atoms with Crippen LogP contribution < -0.4 is 5.73 Å². The fourth-order valence-corrected chi connectivity index (χ4v) is 5.77. The molecule has 4 rings (SSSR count). The van der Waals surface area contributed by atoms with Gasteiger partial charge in [0, 0.05) is 31.2 Å². The van der Waals surface area contributed by atoms with Gasteiger partial charge in [-0.2, -0.15) is 0 Å². The Balaban J connectivity index is 1.55. The van der Waals surface area contributed by atoms with Gasteiger partial charge >= 0.3 is 5.97 Å². The maximum absolute atomic E-state index is 13.4. The standard InChI is InChI=1S/C25H32N4O4/c1-29(22(23(26)30)21-16-27-13-14-28-21)15-7-12-20(29)17-33-24(31)25(32,19-10-5-6-11-19)18-8-3-2-4-9-18/h2-4,8-9,13-14,16,19-20,22,32H,5-7,10-12,15,17H2,1H3,(H-,26,30)/p+1/t20-,22?,25?,29?/m1/s1. The minimum absolute atomic E-state index is 0.0985. The quantitative estimate of drug-likeness (QED) is 0.468. The fraction of sp³-hybridized carbons (Fsp3) is 0.520. The van der Waals surface area contributed by atoms with Gasteiger partial charge in [0.05, 0.1) is 19.8 Å². The third-order valence-electron chi connectivity index (χ3n) is 7.61. The molecular formula is C25H33N4O4+. The highest BCUT2D eigenvalue weighted by molar-refractivity contribution is 5.82. The van der Waals surface area contributed by atoms with E-state index in [0.29, 0.717) is 22.3 Å². The Labute approximate surface area is 194 Å². The van der Waals surface area contributed by atoms with Gasteiger partial charge in [0.2, 0.25) is 6.04 Å². The first-order chi connectivity index (χ1) is 15.9. The molecule has 2 heterocycles. The van der Waals surface area contributed by atoms with Gasteiger partial charge in [0.1, 0.15) is 18.3 Å². The first-order valence-corrected chi connectivity index (χ1v) is 11.7. The smallest absolute Gasteiger partial charge is 0.343 e. The second-order valence-electron chi connectivity index (χ2n) is 9.51. The molecule has 1 aromatic heterocycles. The maximum Gasteiger partial charge on any atom is 0.343 e. The number of nitrogens with two attached hydrogens (primary N) is 1. The minimum atomic E-state index is -1.67. The molecule has 3 unspecified atom stereocenters. The number of likely N-dealkylation sites (tertiary alicyclic amines) is 1. The Morgan fingerprint density at radius 2 is 1.91 bits per heavy atom. The van der Waals surface area contributed by atoms with Gasteiger partial charge < -0.3 is 20.1 Å². The van der Waals surface area contributed by atoms with Gasteiger partial charge in [-0.1, -0.05) is 43.2 Å². The summed E-state index contributed by atoms with van der Waals surface area (Å²) in [5, 5.41) is 11.7. The summed E-state index contributed by atoms with van der Waals surface area (Å²) >= 11 is 0. The average molecular weight is 454 g/mol. The molecular weight excluding hydrogens is 420 g/mol. The van der Waals surface area contributed by atoms with Gasteiger partial charge in [0.25, 0.3) is 5.91 Å². The number of benzene rings is 1. The van der Waals surface area contributed by atoms with Crippen LogP contribution in [0.4, 0.5) is 0 Å². The minimum Gasteiger partial charge on any atom is -0.457 e. The molecule has 4 atom stereocenters. The monoisotopic (exact) mass is 453 g/mol. The predicted octanol–water partition coefficient (Wildman–Crippen LogP) is 2.23. The number of esters is 1. The zero-order chi connectivity index (χ0) is 23.5. The highest BCUT2D eigenvalue weighted by Gasteiger charge is 2.51. The number of amides is 1. The van der Waals surface area contributed by atoms with Crippen LogP contribution in [0.1, 0.15) is 55.8 Å². The Hall–Kier alpha value is -2.84. The maximum atomic E-state index is 13.4. The Kier molecular flexibility index (Phi) is 6.76. The van der Waals surface area contributed by atoms with Crippen molar-refractivity contribution in [3.8, 4) is 0 Å². The number of ether oxygens (including phenoxy) is 1. The van der Waals surface area contributed by atoms with Gasteiger partial charge in [-0.3, -0.25) is 14.8 Å². The van der Waals surface area contributed by atoms with Crippen LogP contribution in [0.3, 0.4) is 0 Å². The second kappa shape index (κ2) is 9.57. The number of primary amides is 1. The zero-order valence-corrected chi connectivity index (χ0v) is 19.1. The van der Waals surface area contributed by atoms with Crippen LogP contribution >= 0.6 is 0 Å². The second-order valence-corrected chi connectivity index (χ2v) is 9.51. The molecule has 176 valence electrons. The lowest BCUT2D eigenvalue weighted by molar-refractivity contribution is -0.941. The largest absolute Gasteiger partial charge is 0.457 e. The van der Waals surface area contributed by atoms with Crippen molar-refractivity contribution in [3.05, 3.63) is 60.2 Å². The van der Waals surface area contributed by atoms with Crippen molar-refractivity contribution in [1.29, 1.82) is 0 Å². The van der Waals surface area contributed by atoms with Gasteiger partial charge in [-0.15, -0.1) is 0 Å². The van der Waals surface area contributed by atoms with Crippen LogP contribution in [0.15, 0.2) is 48.9 Å². The van der Waals surface area contributed by atoms with Crippen LogP contribution in [-0.2, 0) is 19.9 Å². The van der Waals surface area contributed by atoms with Crippen molar-refractivity contribution in [2.75, 3.05) is 20.2 Å². The lowest BCUT2D eigenvalue weighted by atomic mass is 9.80. The molecule has 0 radical (unpaired) electrons. The van der Waals surface area contributed by atoms with E-state index in [0.717, 1.165) is 38.5 Å². The zero-order valence-electron chi connectivity index (χ0n) is 19.1. The number of carbonyl (C=O) groups is 2. The number of aromatic nitrogens is 2. The van der Waals surface area contributed by atoms with Crippen molar-refractivity contribution in [2.24, 2.45) is 11.7 Å². The molecule has 1 saturated heterocycles. The van der Waals surface area contributed by atoms with Crippen molar-refractivity contribution < 1.29 is 23.9 Å². The summed E-state index contributed by atoms with van der Waals surface area (Å²) in [7, 11) is 1.95. The van der Waals surface area contributed by atoms with Crippen molar-refractivity contribution in [1.82, 2.24) is 9.97 Å². The first kappa shape index (κ1) is 23.3. The summed E-state index contributed by atoms with van der Waals surface area (Å²) in [4.78, 5) is 34.3. The summed E-state index contributed by atoms with van der Waals surface area (Å²) < 4.78 is 6.13. The number of rotatable bonds is 8. The van der Waals surface area contributed by atoms with Crippen molar-refractivity contribution in [3.63, 3.8) is 0 Å². The van der Waals surface area contributed by atoms with E-state index in [2.05, 4.69) is 9.97 Å². The topological polar surface area (TPSA) is 115 Å². The first-order valence-electron chi connectivity index (χ1n) is 11.7. The molecule has 1 amide bonds. The van der Waals surface area contributed by atoms with Crippen LogP contribution in [0, 0.1) is 5.92 Å². The van der Waals surface area contributed by atoms with Gasteiger partial charge in [-0.05, 0) is 18.4 Å². The van der Waals surface area contributed by atoms with E-state index < -0.39 is 23.5 Å². The molecule has 0 spiro atoms. The highest BCUT2D eigenvalue weighted by Crippen LogP contribution is 2.42. The normalized spacial score (nSPS) is 25.9. The Morgan fingerprint density at radius 3 is 2.55 bits per heavy atom. The Morgan fingerprint density at radius 1 is 1.18 bits per heavy atom. The van der Waals surface area contributed by atoms with E-state index in [9.17, 15) is 14.7 Å². The molecule has 2 aliphatic rings. The van der Waals surface area contributed by atoms with E-state index in [1.807, 2.05) is 25.2 Å². The van der Waals surface area contributed by atoms with Crippen LogP contribution in [0.5, 0.6) is 0 Å². The summed E-state index contributed by atoms with van der Waals surface area (Å²) in [6, 6.07) is 8.25. The molecule has 1 aromatic carbocycles. The fourth-order valence-electron chi connectivity index (χ4n) is 5.77. The molecule has 1 saturated carbocycles. The Bertz CT molecular complexity index is 967. The third kappa shape index (κ3) is 4.37. The lowest BCUT2D eigenvalue weighted by Gasteiger charge is -2.41. The third-order valence-corrected chi connectivity index (χ3v) is 7.61. The molecule has 8 nitrogen and oxygen atoms in total. The molecule has 2 aromatic rings. The molecule has 3 N–H and O–H groups in total. The molecule has 8 heteroatoms. The van der Waals surface area contributed by atoms with Crippen molar-refractivity contribution in [2.45, 2.75) is 56.2 Å². The predicted molar refractivity (Wildman–Crippen MR) is 121 cm³/mol.